The lowest BCUT2D eigenvalue weighted by Gasteiger charge is -2.12. The molecular formula is C24H18N4O9S. The second kappa shape index (κ2) is 11.2. The van der Waals surface area contributed by atoms with E-state index in [9.17, 15) is 38.7 Å². The smallest absolute Gasteiger partial charge is 0.346 e. The maximum absolute atomic E-state index is 12.8. The number of ether oxygens (including phenoxy) is 1. The molecule has 0 aliphatic rings. The molecule has 0 radical (unpaired) electrons. The minimum Gasteiger partial charge on any atom is -0.493 e. The number of carbonyl (C=O) groups excluding carboxylic acids is 1. The number of hydrogen-bond acceptors (Lipinski definition) is 10. The molecule has 38 heavy (non-hydrogen) atoms. The van der Waals surface area contributed by atoms with E-state index < -0.39 is 42.0 Å². The van der Waals surface area contributed by atoms with Gasteiger partial charge in [0.2, 0.25) is 0 Å². The van der Waals surface area contributed by atoms with Gasteiger partial charge in [-0.2, -0.15) is 13.7 Å². The van der Waals surface area contributed by atoms with E-state index in [-0.39, 0.29) is 28.4 Å². The first-order valence-electron chi connectivity index (χ1n) is 10.5. The third kappa shape index (κ3) is 6.09. The first-order chi connectivity index (χ1) is 18.0. The Morgan fingerprint density at radius 3 is 2.32 bits per heavy atom. The number of amides is 1. The number of nitriles is 1. The Labute approximate surface area is 216 Å². The van der Waals surface area contributed by atoms with Gasteiger partial charge < -0.3 is 14.2 Å². The number of carbonyl (C=O) groups is 1. The normalized spacial score (nSPS) is 11.2. The molecule has 3 rings (SSSR count). The van der Waals surface area contributed by atoms with Gasteiger partial charge in [0.05, 0.1) is 17.0 Å². The number of nitrogens with zero attached hydrogens (tertiary/aromatic N) is 3. The van der Waals surface area contributed by atoms with Gasteiger partial charge in [0.15, 0.2) is 16.4 Å². The van der Waals surface area contributed by atoms with Crippen molar-refractivity contribution in [3.63, 3.8) is 0 Å². The van der Waals surface area contributed by atoms with Crippen LogP contribution in [0.4, 0.5) is 17.1 Å². The van der Waals surface area contributed by atoms with Crippen LogP contribution in [-0.4, -0.2) is 31.3 Å². The quantitative estimate of drug-likeness (QED) is 0.136. The van der Waals surface area contributed by atoms with Gasteiger partial charge in [-0.1, -0.05) is 24.3 Å². The third-order valence-electron chi connectivity index (χ3n) is 4.99. The average molecular weight is 538 g/mol. The van der Waals surface area contributed by atoms with Crippen LogP contribution in [0.1, 0.15) is 11.1 Å². The van der Waals surface area contributed by atoms with Crippen molar-refractivity contribution < 1.29 is 32.0 Å². The van der Waals surface area contributed by atoms with E-state index in [1.54, 1.807) is 19.1 Å². The van der Waals surface area contributed by atoms with E-state index in [1.165, 1.54) is 43.5 Å². The summed E-state index contributed by atoms with van der Waals surface area (Å²) in [5.74, 6) is -1.38. The number of aryl methyl sites for hydroxylation is 1. The number of hydrogen-bond donors (Lipinski definition) is 1. The van der Waals surface area contributed by atoms with Crippen LogP contribution in [-0.2, 0) is 14.9 Å². The largest absolute Gasteiger partial charge is 0.493 e. The van der Waals surface area contributed by atoms with Gasteiger partial charge in [-0.25, -0.2) is 0 Å². The van der Waals surface area contributed by atoms with Gasteiger partial charge >= 0.3 is 10.1 Å². The molecule has 194 valence electrons. The van der Waals surface area contributed by atoms with Crippen LogP contribution in [0.5, 0.6) is 11.5 Å². The lowest BCUT2D eigenvalue weighted by Crippen LogP contribution is -2.14. The molecule has 14 heteroatoms. The SMILES string of the molecule is COc1ccc(/C=C(\C#N)C(=O)Nc2ccc(C)cc2[N+](=O)[O-])cc1OS(=O)(=O)c1ccccc1[N+](=O)[O-]. The lowest BCUT2D eigenvalue weighted by molar-refractivity contribution is -0.387. The van der Waals surface area contributed by atoms with E-state index in [0.29, 0.717) is 5.56 Å². The second-order valence-corrected chi connectivity index (χ2v) is 9.09. The molecule has 0 saturated heterocycles. The Balaban J connectivity index is 1.96. The fourth-order valence-corrected chi connectivity index (χ4v) is 4.33. The molecule has 0 aromatic heterocycles. The number of nitro benzene ring substituents is 2. The van der Waals surface area contributed by atoms with Crippen LogP contribution in [0.3, 0.4) is 0 Å². The van der Waals surface area contributed by atoms with Crippen molar-refractivity contribution in [2.75, 3.05) is 12.4 Å². The zero-order valence-corrected chi connectivity index (χ0v) is 20.6. The number of nitro groups is 2. The van der Waals surface area contributed by atoms with E-state index in [1.807, 2.05) is 0 Å². The van der Waals surface area contributed by atoms with Crippen LogP contribution < -0.4 is 14.2 Å². The van der Waals surface area contributed by atoms with Crippen LogP contribution in [0.25, 0.3) is 6.08 Å². The molecule has 0 saturated carbocycles. The standard InChI is InChI=1S/C24H18N4O9S/c1-15-7-9-18(20(11-15)28(32)33)26-24(29)17(14-25)12-16-8-10-21(36-2)22(13-16)37-38(34,35)23-6-4-3-5-19(23)27(30)31/h3-13H,1-2H3,(H,26,29)/b17-12+. The zero-order valence-electron chi connectivity index (χ0n) is 19.8. The molecule has 3 aromatic carbocycles. The molecule has 3 aromatic rings. The van der Waals surface area contributed by atoms with Gasteiger partial charge in [0.1, 0.15) is 17.3 Å². The number of para-hydroxylation sites is 1. The van der Waals surface area contributed by atoms with E-state index >= 15 is 0 Å². The molecule has 13 nitrogen and oxygen atoms in total. The number of methoxy groups -OCH3 is 1. The molecule has 1 N–H and O–H groups in total. The summed E-state index contributed by atoms with van der Waals surface area (Å²) < 4.78 is 35.9. The maximum atomic E-state index is 12.8. The van der Waals surface area contributed by atoms with E-state index in [4.69, 9.17) is 8.92 Å². The Kier molecular flexibility index (Phi) is 8.04. The molecule has 0 atom stereocenters. The van der Waals surface area contributed by atoms with E-state index in [2.05, 4.69) is 5.32 Å². The van der Waals surface area contributed by atoms with Gasteiger partial charge in [-0.15, -0.1) is 0 Å². The highest BCUT2D eigenvalue weighted by atomic mass is 32.2. The predicted octanol–water partition coefficient (Wildman–Crippen LogP) is 4.13. The number of anilines is 1. The van der Waals surface area contributed by atoms with Crippen molar-refractivity contribution in [3.8, 4) is 17.6 Å². The summed E-state index contributed by atoms with van der Waals surface area (Å²) >= 11 is 0. The Morgan fingerprint density at radius 2 is 1.68 bits per heavy atom. The van der Waals surface area contributed by atoms with Gasteiger partial charge in [-0.05, 0) is 48.4 Å². The summed E-state index contributed by atoms with van der Waals surface area (Å²) in [5.41, 5.74) is -0.929. The summed E-state index contributed by atoms with van der Waals surface area (Å²) in [6.07, 6.45) is 1.10. The van der Waals surface area contributed by atoms with Gasteiger partial charge in [0, 0.05) is 12.1 Å². The Hall–Kier alpha value is -5.29. The average Bonchev–Trinajstić information content (AvgIpc) is 2.88. The first-order valence-corrected chi connectivity index (χ1v) is 11.9. The second-order valence-electron chi connectivity index (χ2n) is 7.57. The van der Waals surface area contributed by atoms with Crippen molar-refractivity contribution in [1.82, 2.24) is 0 Å². The number of benzene rings is 3. The number of nitrogens with one attached hydrogen (secondary N) is 1. The molecule has 0 heterocycles. The summed E-state index contributed by atoms with van der Waals surface area (Å²) in [6, 6.07) is 14.2. The Bertz CT molecular complexity index is 1630. The maximum Gasteiger partial charge on any atom is 0.346 e. The summed E-state index contributed by atoms with van der Waals surface area (Å²) in [5, 5.41) is 34.4. The highest BCUT2D eigenvalue weighted by molar-refractivity contribution is 7.87. The minimum atomic E-state index is -4.70. The minimum absolute atomic E-state index is 0.0532. The lowest BCUT2D eigenvalue weighted by atomic mass is 10.1. The highest BCUT2D eigenvalue weighted by Gasteiger charge is 2.28. The highest BCUT2D eigenvalue weighted by Crippen LogP contribution is 2.34. The van der Waals surface area contributed by atoms with Crippen LogP contribution in [0.2, 0.25) is 0 Å². The molecule has 0 aliphatic carbocycles. The van der Waals surface area contributed by atoms with Crippen LogP contribution in [0, 0.1) is 38.5 Å². The molecule has 1 amide bonds. The van der Waals surface area contributed by atoms with Gasteiger partial charge in [0.25, 0.3) is 17.3 Å². The van der Waals surface area contributed by atoms with Crippen molar-refractivity contribution in [3.05, 3.63) is 97.6 Å². The van der Waals surface area contributed by atoms with Crippen molar-refractivity contribution in [1.29, 1.82) is 5.26 Å². The zero-order chi connectivity index (χ0) is 28.0. The Morgan fingerprint density at radius 1 is 1.00 bits per heavy atom. The monoisotopic (exact) mass is 538 g/mol. The third-order valence-corrected chi connectivity index (χ3v) is 6.28. The molecule has 0 unspecified atom stereocenters. The number of rotatable bonds is 9. The molecule has 0 fully saturated rings. The predicted molar refractivity (Wildman–Crippen MR) is 134 cm³/mol. The van der Waals surface area contributed by atoms with Gasteiger partial charge in [-0.3, -0.25) is 25.0 Å². The molecule has 0 spiro atoms. The fourth-order valence-electron chi connectivity index (χ4n) is 3.23. The molecule has 0 bridgehead atoms. The van der Waals surface area contributed by atoms with Crippen molar-refractivity contribution in [2.24, 2.45) is 0 Å². The summed E-state index contributed by atoms with van der Waals surface area (Å²) in [6.45, 7) is 1.64. The van der Waals surface area contributed by atoms with Crippen molar-refractivity contribution >= 4 is 39.2 Å². The fraction of sp³-hybridized carbons (Fsp3) is 0.0833. The first kappa shape index (κ1) is 27.3. The summed E-state index contributed by atoms with van der Waals surface area (Å²) in [4.78, 5) is 33.0. The van der Waals surface area contributed by atoms with Crippen molar-refractivity contribution in [2.45, 2.75) is 11.8 Å². The molecular weight excluding hydrogens is 520 g/mol. The topological polar surface area (TPSA) is 192 Å². The van der Waals surface area contributed by atoms with Crippen LogP contribution in [0.15, 0.2) is 71.1 Å². The van der Waals surface area contributed by atoms with E-state index in [0.717, 1.165) is 24.3 Å². The van der Waals surface area contributed by atoms with Crippen LogP contribution >= 0.6 is 0 Å². The molecule has 0 aliphatic heterocycles. The summed E-state index contributed by atoms with van der Waals surface area (Å²) in [7, 11) is -3.46.